The number of hydrogen-bond acceptors (Lipinski definition) is 1. The molecule has 1 fully saturated rings. The molecule has 2 heteroatoms. The molecule has 1 aromatic rings. The first-order valence-corrected chi connectivity index (χ1v) is 6.21. The van der Waals surface area contributed by atoms with Gasteiger partial charge in [0, 0.05) is 6.04 Å². The van der Waals surface area contributed by atoms with Crippen LogP contribution in [0.25, 0.3) is 0 Å². The first-order valence-electron chi connectivity index (χ1n) is 6.21. The van der Waals surface area contributed by atoms with Gasteiger partial charge in [-0.3, -0.25) is 0 Å². The molecule has 1 aromatic carbocycles. The molecule has 0 radical (unpaired) electrons. The van der Waals surface area contributed by atoms with Gasteiger partial charge in [-0.05, 0) is 42.9 Å². The Bertz CT molecular complexity index is 350. The van der Waals surface area contributed by atoms with Crippen LogP contribution in [0.3, 0.4) is 0 Å². The maximum atomic E-state index is 13.6. The average Bonchev–Trinajstić information content (AvgIpc) is 2.29. The quantitative estimate of drug-likeness (QED) is 0.822. The zero-order valence-corrected chi connectivity index (χ0v) is 10.0. The summed E-state index contributed by atoms with van der Waals surface area (Å²) in [4.78, 5) is 0. The summed E-state index contributed by atoms with van der Waals surface area (Å²) in [5, 5.41) is 3.52. The third-order valence-electron chi connectivity index (χ3n) is 3.74. The third-order valence-corrected chi connectivity index (χ3v) is 3.74. The Kier molecular flexibility index (Phi) is 3.59. The van der Waals surface area contributed by atoms with Crippen LogP contribution in [0, 0.1) is 11.7 Å². The van der Waals surface area contributed by atoms with Gasteiger partial charge in [0.25, 0.3) is 0 Å². The number of halogens is 1. The molecule has 1 nitrogen and oxygen atoms in total. The molecule has 16 heavy (non-hydrogen) atoms. The van der Waals surface area contributed by atoms with Crippen molar-refractivity contribution in [1.82, 2.24) is 5.32 Å². The van der Waals surface area contributed by atoms with Crippen molar-refractivity contribution in [1.29, 1.82) is 0 Å². The van der Waals surface area contributed by atoms with E-state index >= 15 is 0 Å². The minimum Gasteiger partial charge on any atom is -0.314 e. The highest BCUT2D eigenvalue weighted by Gasteiger charge is 2.38. The molecule has 0 heterocycles. The molecule has 2 rings (SSSR count). The van der Waals surface area contributed by atoms with Gasteiger partial charge in [0.1, 0.15) is 5.82 Å². The smallest absolute Gasteiger partial charge is 0.126 e. The lowest BCUT2D eigenvalue weighted by molar-refractivity contribution is 0.181. The molecule has 0 bridgehead atoms. The van der Waals surface area contributed by atoms with Crippen LogP contribution in [0.15, 0.2) is 24.3 Å². The van der Waals surface area contributed by atoms with E-state index in [1.165, 1.54) is 0 Å². The predicted molar refractivity (Wildman–Crippen MR) is 65.0 cm³/mol. The SMILES string of the molecule is CCCNC1CC(c2ccccc2F)C1C. The Hall–Kier alpha value is -0.890. The van der Waals surface area contributed by atoms with Crippen molar-refractivity contribution >= 4 is 0 Å². The Balaban J connectivity index is 1.97. The summed E-state index contributed by atoms with van der Waals surface area (Å²) in [5.41, 5.74) is 0.893. The van der Waals surface area contributed by atoms with Gasteiger partial charge in [0.2, 0.25) is 0 Å². The molecular weight excluding hydrogens is 201 g/mol. The minimum atomic E-state index is -0.0479. The lowest BCUT2D eigenvalue weighted by atomic mass is 9.67. The van der Waals surface area contributed by atoms with Gasteiger partial charge < -0.3 is 5.32 Å². The van der Waals surface area contributed by atoms with Crippen LogP contribution in [0.2, 0.25) is 0 Å². The molecule has 3 unspecified atom stereocenters. The van der Waals surface area contributed by atoms with E-state index in [1.54, 1.807) is 12.1 Å². The van der Waals surface area contributed by atoms with E-state index in [-0.39, 0.29) is 5.82 Å². The minimum absolute atomic E-state index is 0.0479. The second kappa shape index (κ2) is 4.96. The summed E-state index contributed by atoms with van der Waals surface area (Å²) < 4.78 is 13.6. The summed E-state index contributed by atoms with van der Waals surface area (Å²) in [5.74, 6) is 0.896. The van der Waals surface area contributed by atoms with E-state index in [4.69, 9.17) is 0 Å². The van der Waals surface area contributed by atoms with Crippen molar-refractivity contribution in [2.75, 3.05) is 6.54 Å². The Morgan fingerprint density at radius 2 is 2.12 bits per heavy atom. The van der Waals surface area contributed by atoms with Gasteiger partial charge in [0.15, 0.2) is 0 Å². The summed E-state index contributed by atoms with van der Waals surface area (Å²) in [6, 6.07) is 7.75. The van der Waals surface area contributed by atoms with Crippen molar-refractivity contribution in [2.45, 2.75) is 38.6 Å². The normalized spacial score (nSPS) is 28.8. The van der Waals surface area contributed by atoms with E-state index in [0.29, 0.717) is 17.9 Å². The first kappa shape index (κ1) is 11.6. The molecular formula is C14H20FN. The summed E-state index contributed by atoms with van der Waals surface area (Å²) >= 11 is 0. The molecule has 0 aliphatic heterocycles. The number of rotatable bonds is 4. The van der Waals surface area contributed by atoms with Crippen LogP contribution in [0.4, 0.5) is 4.39 Å². The molecule has 1 aliphatic carbocycles. The number of benzene rings is 1. The molecule has 0 aromatic heterocycles. The van der Waals surface area contributed by atoms with Gasteiger partial charge >= 0.3 is 0 Å². The lowest BCUT2D eigenvalue weighted by Crippen LogP contribution is -2.48. The Morgan fingerprint density at radius 3 is 2.75 bits per heavy atom. The maximum absolute atomic E-state index is 13.6. The van der Waals surface area contributed by atoms with Crippen molar-refractivity contribution in [2.24, 2.45) is 5.92 Å². The van der Waals surface area contributed by atoms with Crippen LogP contribution in [0.5, 0.6) is 0 Å². The molecule has 3 atom stereocenters. The van der Waals surface area contributed by atoms with Crippen LogP contribution >= 0.6 is 0 Å². The molecule has 0 saturated heterocycles. The molecule has 88 valence electrons. The van der Waals surface area contributed by atoms with Gasteiger partial charge in [-0.25, -0.2) is 4.39 Å². The van der Waals surface area contributed by atoms with Crippen LogP contribution in [-0.2, 0) is 0 Å². The highest BCUT2D eigenvalue weighted by atomic mass is 19.1. The van der Waals surface area contributed by atoms with Crippen molar-refractivity contribution in [3.8, 4) is 0 Å². The van der Waals surface area contributed by atoms with Crippen molar-refractivity contribution in [3.05, 3.63) is 35.6 Å². The fourth-order valence-electron chi connectivity index (χ4n) is 2.57. The largest absolute Gasteiger partial charge is 0.314 e. The molecule has 1 saturated carbocycles. The zero-order chi connectivity index (χ0) is 11.5. The topological polar surface area (TPSA) is 12.0 Å². The van der Waals surface area contributed by atoms with Gasteiger partial charge in [0.05, 0.1) is 0 Å². The van der Waals surface area contributed by atoms with Gasteiger partial charge in [-0.15, -0.1) is 0 Å². The third kappa shape index (κ3) is 2.12. The molecule has 1 N–H and O–H groups in total. The highest BCUT2D eigenvalue weighted by molar-refractivity contribution is 5.26. The van der Waals surface area contributed by atoms with E-state index in [1.807, 2.05) is 12.1 Å². The Morgan fingerprint density at radius 1 is 1.38 bits per heavy atom. The second-order valence-corrected chi connectivity index (χ2v) is 4.78. The van der Waals surface area contributed by atoms with Gasteiger partial charge in [-0.2, -0.15) is 0 Å². The van der Waals surface area contributed by atoms with Crippen LogP contribution in [0.1, 0.15) is 38.2 Å². The van der Waals surface area contributed by atoms with E-state index in [2.05, 4.69) is 19.2 Å². The maximum Gasteiger partial charge on any atom is 0.126 e. The predicted octanol–water partition coefficient (Wildman–Crippen LogP) is 3.32. The summed E-state index contributed by atoms with van der Waals surface area (Å²) in [6.45, 7) is 5.46. The lowest BCUT2D eigenvalue weighted by Gasteiger charge is -2.43. The fourth-order valence-corrected chi connectivity index (χ4v) is 2.57. The second-order valence-electron chi connectivity index (χ2n) is 4.78. The van der Waals surface area contributed by atoms with E-state index < -0.39 is 0 Å². The monoisotopic (exact) mass is 221 g/mol. The number of hydrogen-bond donors (Lipinski definition) is 1. The zero-order valence-electron chi connectivity index (χ0n) is 10.0. The van der Waals surface area contributed by atoms with Crippen molar-refractivity contribution in [3.63, 3.8) is 0 Å². The van der Waals surface area contributed by atoms with Gasteiger partial charge in [-0.1, -0.05) is 32.0 Å². The molecule has 0 spiro atoms. The average molecular weight is 221 g/mol. The Labute approximate surface area is 97.1 Å². The highest BCUT2D eigenvalue weighted by Crippen LogP contribution is 2.43. The summed E-state index contributed by atoms with van der Waals surface area (Å²) in [6.07, 6.45) is 2.23. The fraction of sp³-hybridized carbons (Fsp3) is 0.571. The summed E-state index contributed by atoms with van der Waals surface area (Å²) in [7, 11) is 0. The van der Waals surface area contributed by atoms with Crippen molar-refractivity contribution < 1.29 is 4.39 Å². The van der Waals surface area contributed by atoms with Crippen LogP contribution < -0.4 is 5.32 Å². The molecule has 1 aliphatic rings. The molecule has 0 amide bonds. The van der Waals surface area contributed by atoms with E-state index in [9.17, 15) is 4.39 Å². The first-order chi connectivity index (χ1) is 7.74. The van der Waals surface area contributed by atoms with E-state index in [0.717, 1.165) is 24.9 Å². The number of nitrogens with one attached hydrogen (secondary N) is 1. The van der Waals surface area contributed by atoms with Crippen LogP contribution in [-0.4, -0.2) is 12.6 Å². The standard InChI is InChI=1S/C14H20FN/c1-3-8-16-14-9-12(10(14)2)11-6-4-5-7-13(11)15/h4-7,10,12,14,16H,3,8-9H2,1-2H3.